The van der Waals surface area contributed by atoms with Crippen molar-refractivity contribution in [2.75, 3.05) is 10.8 Å². The number of benzene rings is 3. The first-order valence-electron chi connectivity index (χ1n) is 11.8. The maximum atomic E-state index is 13.8. The maximum absolute atomic E-state index is 13.8. The Morgan fingerprint density at radius 2 is 1.47 bits per heavy atom. The second kappa shape index (κ2) is 12.8. The highest BCUT2D eigenvalue weighted by atomic mass is 35.5. The number of halogens is 3. The Bertz CT molecular complexity index is 1380. The number of amides is 2. The number of rotatable bonds is 10. The zero-order valence-corrected chi connectivity index (χ0v) is 24.2. The summed E-state index contributed by atoms with van der Waals surface area (Å²) < 4.78 is 28.4. The Labute approximate surface area is 238 Å². The summed E-state index contributed by atoms with van der Waals surface area (Å²) >= 11 is 18.5. The van der Waals surface area contributed by atoms with Gasteiger partial charge in [-0.1, -0.05) is 65.1 Å². The van der Waals surface area contributed by atoms with Gasteiger partial charge < -0.3 is 10.2 Å². The molecule has 1 N–H and O–H groups in total. The third-order valence-electron chi connectivity index (χ3n) is 5.65. The molecule has 0 aromatic heterocycles. The molecule has 3 rings (SSSR count). The number of nitrogens with one attached hydrogen (secondary N) is 1. The Morgan fingerprint density at radius 3 is 2.05 bits per heavy atom. The number of hydrogen-bond acceptors (Lipinski definition) is 4. The zero-order chi connectivity index (χ0) is 28.0. The number of hydrogen-bond donors (Lipinski definition) is 1. The fraction of sp³-hybridized carbons (Fsp3) is 0.259. The fourth-order valence-electron chi connectivity index (χ4n) is 3.69. The molecule has 3 aromatic rings. The standard InChI is InChI=1S/C27H28Cl3N3O4S/c1-18(2)31-27(35)19(3)32(16-20-9-11-21(28)12-10-20)26(34)17-33(25-14-13-22(29)15-24(25)30)38(36,37)23-7-5-4-6-8-23/h4-15,18-19H,16-17H2,1-3H3,(H,31,35)/t19-/m1/s1. The molecule has 0 bridgehead atoms. The summed E-state index contributed by atoms with van der Waals surface area (Å²) in [7, 11) is -4.22. The first-order chi connectivity index (χ1) is 17.9. The normalized spacial score (nSPS) is 12.2. The molecule has 0 saturated heterocycles. The van der Waals surface area contributed by atoms with Crippen molar-refractivity contribution in [3.63, 3.8) is 0 Å². The van der Waals surface area contributed by atoms with Gasteiger partial charge in [0, 0.05) is 22.6 Å². The van der Waals surface area contributed by atoms with Gasteiger partial charge in [0.05, 0.1) is 15.6 Å². The van der Waals surface area contributed by atoms with Crippen molar-refractivity contribution >= 4 is 62.3 Å². The van der Waals surface area contributed by atoms with Crippen molar-refractivity contribution in [2.45, 2.75) is 44.3 Å². The molecule has 202 valence electrons. The molecular formula is C27H28Cl3N3O4S. The number of anilines is 1. The number of carbonyl (C=O) groups is 2. The summed E-state index contributed by atoms with van der Waals surface area (Å²) in [5.41, 5.74) is 0.799. The van der Waals surface area contributed by atoms with E-state index in [0.717, 1.165) is 4.31 Å². The second-order valence-corrected chi connectivity index (χ2v) is 12.1. The highest BCUT2D eigenvalue weighted by Crippen LogP contribution is 2.33. The van der Waals surface area contributed by atoms with E-state index in [9.17, 15) is 18.0 Å². The van der Waals surface area contributed by atoms with Gasteiger partial charge in [0.2, 0.25) is 11.8 Å². The third-order valence-corrected chi connectivity index (χ3v) is 8.22. The van der Waals surface area contributed by atoms with E-state index in [4.69, 9.17) is 34.8 Å². The van der Waals surface area contributed by atoms with Crippen molar-refractivity contribution in [3.05, 3.63) is 93.4 Å². The van der Waals surface area contributed by atoms with Gasteiger partial charge >= 0.3 is 0 Å². The van der Waals surface area contributed by atoms with Gasteiger partial charge in [-0.2, -0.15) is 0 Å². The third kappa shape index (κ3) is 7.41. The summed E-state index contributed by atoms with van der Waals surface area (Å²) in [6, 6.07) is 17.8. The van der Waals surface area contributed by atoms with Gasteiger partial charge in [0.15, 0.2) is 0 Å². The summed E-state index contributed by atoms with van der Waals surface area (Å²) in [5.74, 6) is -0.971. The molecule has 7 nitrogen and oxygen atoms in total. The summed E-state index contributed by atoms with van der Waals surface area (Å²) in [5, 5.41) is 3.70. The molecular weight excluding hydrogens is 569 g/mol. The topological polar surface area (TPSA) is 86.8 Å². The van der Waals surface area contributed by atoms with Crippen LogP contribution in [0.2, 0.25) is 15.1 Å². The number of nitrogens with zero attached hydrogens (tertiary/aromatic N) is 2. The smallest absolute Gasteiger partial charge is 0.264 e. The molecule has 0 radical (unpaired) electrons. The Kier molecular flexibility index (Phi) is 10.1. The quantitative estimate of drug-likeness (QED) is 0.321. The van der Waals surface area contributed by atoms with Gasteiger partial charge in [-0.15, -0.1) is 0 Å². The van der Waals surface area contributed by atoms with Crippen LogP contribution in [0.4, 0.5) is 5.69 Å². The van der Waals surface area contributed by atoms with Gasteiger partial charge in [-0.25, -0.2) is 8.42 Å². The molecule has 0 aliphatic carbocycles. The highest BCUT2D eigenvalue weighted by molar-refractivity contribution is 7.92. The van der Waals surface area contributed by atoms with Crippen LogP contribution in [-0.4, -0.2) is 43.8 Å². The molecule has 1 atom stereocenters. The van der Waals surface area contributed by atoms with Gasteiger partial charge in [0.1, 0.15) is 12.6 Å². The minimum absolute atomic E-state index is 0.0198. The molecule has 0 spiro atoms. The van der Waals surface area contributed by atoms with E-state index in [-0.39, 0.29) is 34.1 Å². The summed E-state index contributed by atoms with van der Waals surface area (Å²) in [6.45, 7) is 4.66. The molecule has 0 fully saturated rings. The minimum atomic E-state index is -4.22. The molecule has 0 heterocycles. The lowest BCUT2D eigenvalue weighted by Gasteiger charge is -2.32. The molecule has 0 aliphatic rings. The van der Waals surface area contributed by atoms with Crippen LogP contribution in [0.5, 0.6) is 0 Å². The van der Waals surface area contributed by atoms with E-state index < -0.39 is 28.5 Å². The van der Waals surface area contributed by atoms with E-state index in [1.165, 1.54) is 35.2 Å². The minimum Gasteiger partial charge on any atom is -0.352 e. The monoisotopic (exact) mass is 595 g/mol. The molecule has 3 aromatic carbocycles. The van der Waals surface area contributed by atoms with Crippen LogP contribution in [0.1, 0.15) is 26.3 Å². The van der Waals surface area contributed by atoms with E-state index in [0.29, 0.717) is 15.6 Å². The molecule has 0 saturated carbocycles. The Morgan fingerprint density at radius 1 is 0.868 bits per heavy atom. The molecule has 0 aliphatic heterocycles. The fourth-order valence-corrected chi connectivity index (χ4v) is 5.83. The first-order valence-corrected chi connectivity index (χ1v) is 14.3. The van der Waals surface area contributed by atoms with Gasteiger partial charge in [-0.05, 0) is 68.8 Å². The predicted molar refractivity (Wildman–Crippen MR) is 152 cm³/mol. The van der Waals surface area contributed by atoms with Crippen LogP contribution in [0.25, 0.3) is 0 Å². The van der Waals surface area contributed by atoms with Crippen LogP contribution in [0, 0.1) is 0 Å². The average molecular weight is 597 g/mol. The second-order valence-electron chi connectivity index (χ2n) is 8.91. The van der Waals surface area contributed by atoms with Crippen molar-refractivity contribution in [1.29, 1.82) is 0 Å². The average Bonchev–Trinajstić information content (AvgIpc) is 2.87. The number of sulfonamides is 1. The van der Waals surface area contributed by atoms with E-state index in [1.54, 1.807) is 49.4 Å². The van der Waals surface area contributed by atoms with E-state index in [2.05, 4.69) is 5.32 Å². The first kappa shape index (κ1) is 29.8. The molecule has 2 amide bonds. The Balaban J connectivity index is 2.05. The van der Waals surface area contributed by atoms with E-state index >= 15 is 0 Å². The van der Waals surface area contributed by atoms with Crippen molar-refractivity contribution in [2.24, 2.45) is 0 Å². The predicted octanol–water partition coefficient (Wildman–Crippen LogP) is 5.78. The lowest BCUT2D eigenvalue weighted by molar-refractivity contribution is -0.139. The van der Waals surface area contributed by atoms with E-state index in [1.807, 2.05) is 13.8 Å². The largest absolute Gasteiger partial charge is 0.352 e. The maximum Gasteiger partial charge on any atom is 0.264 e. The molecule has 11 heteroatoms. The van der Waals surface area contributed by atoms with Crippen molar-refractivity contribution < 1.29 is 18.0 Å². The lowest BCUT2D eigenvalue weighted by atomic mass is 10.1. The number of carbonyl (C=O) groups excluding carboxylic acids is 2. The summed E-state index contributed by atoms with van der Waals surface area (Å²) in [6.07, 6.45) is 0. The highest BCUT2D eigenvalue weighted by Gasteiger charge is 2.33. The Hall–Kier alpha value is -2.78. The van der Waals surface area contributed by atoms with Gasteiger partial charge in [0.25, 0.3) is 10.0 Å². The SMILES string of the molecule is CC(C)NC(=O)[C@@H](C)N(Cc1ccc(Cl)cc1)C(=O)CN(c1ccc(Cl)cc1Cl)S(=O)(=O)c1ccccc1. The van der Waals surface area contributed by atoms with Crippen molar-refractivity contribution in [1.82, 2.24) is 10.2 Å². The van der Waals surface area contributed by atoms with Crippen LogP contribution in [0.3, 0.4) is 0 Å². The molecule has 38 heavy (non-hydrogen) atoms. The lowest BCUT2D eigenvalue weighted by Crippen LogP contribution is -2.52. The van der Waals surface area contributed by atoms with Crippen LogP contribution >= 0.6 is 34.8 Å². The zero-order valence-electron chi connectivity index (χ0n) is 21.1. The van der Waals surface area contributed by atoms with Crippen LogP contribution < -0.4 is 9.62 Å². The molecule has 0 unspecified atom stereocenters. The van der Waals surface area contributed by atoms with Crippen LogP contribution in [-0.2, 0) is 26.2 Å². The van der Waals surface area contributed by atoms with Gasteiger partial charge in [-0.3, -0.25) is 13.9 Å². The summed E-state index contributed by atoms with van der Waals surface area (Å²) in [4.78, 5) is 28.1. The van der Waals surface area contributed by atoms with Crippen molar-refractivity contribution in [3.8, 4) is 0 Å². The van der Waals surface area contributed by atoms with Crippen LogP contribution in [0.15, 0.2) is 77.7 Å².